The van der Waals surface area contributed by atoms with Gasteiger partial charge in [-0.05, 0) is 58.0 Å². The van der Waals surface area contributed by atoms with E-state index in [1.165, 1.54) is 42.8 Å². The normalized spacial score (nSPS) is 24.5. The van der Waals surface area contributed by atoms with E-state index < -0.39 is 0 Å². The molecule has 2 nitrogen and oxygen atoms in total. The van der Waals surface area contributed by atoms with E-state index in [-0.39, 0.29) is 0 Å². The summed E-state index contributed by atoms with van der Waals surface area (Å²) in [4.78, 5) is 6.72. The van der Waals surface area contributed by atoms with Gasteiger partial charge < -0.3 is 0 Å². The number of allylic oxidation sites excluding steroid dienone is 2. The van der Waals surface area contributed by atoms with Gasteiger partial charge in [-0.25, -0.2) is 0 Å². The predicted octanol–water partition coefficient (Wildman–Crippen LogP) is 3.80. The van der Waals surface area contributed by atoms with Crippen molar-refractivity contribution in [3.63, 3.8) is 0 Å². The van der Waals surface area contributed by atoms with Gasteiger partial charge in [-0.1, -0.05) is 26.0 Å². The Kier molecular flexibility index (Phi) is 5.63. The number of rotatable bonds is 3. The first kappa shape index (κ1) is 14.2. The summed E-state index contributed by atoms with van der Waals surface area (Å²) in [5.74, 6) is 0. The smallest absolute Gasteiger partial charge is 0.0431 e. The number of aliphatic imine (C=N–C) groups is 1. The Balaban J connectivity index is 0.000000686. The monoisotopic (exact) mass is 234 g/mol. The van der Waals surface area contributed by atoms with Gasteiger partial charge in [0.15, 0.2) is 0 Å². The molecule has 2 aliphatic rings. The largest absolute Gasteiger partial charge is 0.300 e. The average Bonchev–Trinajstić information content (AvgIpc) is 2.29. The molecule has 1 unspecified atom stereocenters. The quantitative estimate of drug-likeness (QED) is 0.678. The van der Waals surface area contributed by atoms with Gasteiger partial charge in [0.25, 0.3) is 0 Å². The molecule has 0 radical (unpaired) electrons. The Bertz CT molecular complexity index is 311. The maximum Gasteiger partial charge on any atom is 0.0431 e. The van der Waals surface area contributed by atoms with Gasteiger partial charge in [-0.3, -0.25) is 9.89 Å². The van der Waals surface area contributed by atoms with Crippen LogP contribution in [0.3, 0.4) is 0 Å². The minimum absolute atomic E-state index is 0.732. The number of likely N-dealkylation sites (tertiary alicyclic amines) is 1. The van der Waals surface area contributed by atoms with E-state index in [2.05, 4.69) is 30.1 Å². The predicted molar refractivity (Wildman–Crippen MR) is 76.6 cm³/mol. The lowest BCUT2D eigenvalue weighted by Crippen LogP contribution is -2.46. The first-order chi connectivity index (χ1) is 8.22. The third-order valence-corrected chi connectivity index (χ3v) is 3.62. The summed E-state index contributed by atoms with van der Waals surface area (Å²) >= 11 is 0. The van der Waals surface area contributed by atoms with Gasteiger partial charge in [-0.2, -0.15) is 0 Å². The van der Waals surface area contributed by atoms with Crippen LogP contribution in [0.1, 0.15) is 46.5 Å². The molecule has 1 saturated heterocycles. The summed E-state index contributed by atoms with van der Waals surface area (Å²) in [7, 11) is 0. The molecule has 1 aliphatic heterocycles. The Morgan fingerprint density at radius 2 is 2.00 bits per heavy atom. The molecule has 96 valence electrons. The summed E-state index contributed by atoms with van der Waals surface area (Å²) < 4.78 is 0. The van der Waals surface area contributed by atoms with Crippen LogP contribution in [0, 0.1) is 0 Å². The van der Waals surface area contributed by atoms with E-state index >= 15 is 0 Å². The van der Waals surface area contributed by atoms with Crippen molar-refractivity contribution >= 4 is 6.72 Å². The molecule has 1 atom stereocenters. The highest BCUT2D eigenvalue weighted by atomic mass is 15.2. The zero-order valence-electron chi connectivity index (χ0n) is 11.6. The van der Waals surface area contributed by atoms with Crippen LogP contribution in [0.2, 0.25) is 0 Å². The standard InChI is InChI=1S/C13H20N2.C2H6/c1-10(2)12-9-11(15-7-4-8-15)5-6-13(12)14-3;1-2/h11H,1,3-9H2,2H3;1-2H3. The summed E-state index contributed by atoms with van der Waals surface area (Å²) in [5.41, 5.74) is 3.70. The molecule has 0 saturated carbocycles. The fraction of sp³-hybridized carbons (Fsp3) is 0.667. The van der Waals surface area contributed by atoms with Crippen LogP contribution in [0.25, 0.3) is 0 Å². The van der Waals surface area contributed by atoms with Crippen molar-refractivity contribution in [1.29, 1.82) is 0 Å². The molecule has 1 fully saturated rings. The average molecular weight is 234 g/mol. The summed E-state index contributed by atoms with van der Waals surface area (Å²) in [5, 5.41) is 0. The van der Waals surface area contributed by atoms with Gasteiger partial charge in [0.1, 0.15) is 0 Å². The van der Waals surface area contributed by atoms with Crippen LogP contribution in [-0.4, -0.2) is 30.7 Å². The van der Waals surface area contributed by atoms with E-state index in [0.29, 0.717) is 0 Å². The van der Waals surface area contributed by atoms with E-state index in [1.807, 2.05) is 13.8 Å². The highest BCUT2D eigenvalue weighted by Gasteiger charge is 2.28. The third-order valence-electron chi connectivity index (χ3n) is 3.62. The Labute approximate surface area is 106 Å². The van der Waals surface area contributed by atoms with E-state index in [1.54, 1.807) is 0 Å². The zero-order valence-corrected chi connectivity index (χ0v) is 11.6. The van der Waals surface area contributed by atoms with Crippen LogP contribution in [-0.2, 0) is 0 Å². The molecule has 0 amide bonds. The Morgan fingerprint density at radius 3 is 2.41 bits per heavy atom. The Hall–Kier alpha value is -0.890. The molecule has 0 spiro atoms. The lowest BCUT2D eigenvalue weighted by Gasteiger charge is -2.41. The van der Waals surface area contributed by atoms with Crippen LogP contribution >= 0.6 is 0 Å². The van der Waals surface area contributed by atoms with Crippen molar-refractivity contribution in [2.24, 2.45) is 4.99 Å². The molecule has 17 heavy (non-hydrogen) atoms. The van der Waals surface area contributed by atoms with E-state index in [9.17, 15) is 0 Å². The molecule has 1 heterocycles. The second kappa shape index (κ2) is 6.75. The number of hydrogen-bond donors (Lipinski definition) is 0. The molecule has 0 aromatic heterocycles. The molecule has 2 heteroatoms. The van der Waals surface area contributed by atoms with Crippen molar-refractivity contribution < 1.29 is 0 Å². The fourth-order valence-corrected chi connectivity index (χ4v) is 2.52. The molecule has 0 aromatic rings. The Morgan fingerprint density at radius 1 is 1.35 bits per heavy atom. The maximum atomic E-state index is 4.14. The molecular weight excluding hydrogens is 208 g/mol. The van der Waals surface area contributed by atoms with Gasteiger partial charge in [0.05, 0.1) is 0 Å². The summed E-state index contributed by atoms with van der Waals surface area (Å²) in [6.45, 7) is 16.4. The van der Waals surface area contributed by atoms with Gasteiger partial charge in [0.2, 0.25) is 0 Å². The van der Waals surface area contributed by atoms with Crippen LogP contribution in [0.5, 0.6) is 0 Å². The lowest BCUT2D eigenvalue weighted by atomic mass is 9.86. The van der Waals surface area contributed by atoms with Crippen molar-refractivity contribution in [1.82, 2.24) is 4.90 Å². The highest BCUT2D eigenvalue weighted by molar-refractivity contribution is 5.39. The van der Waals surface area contributed by atoms with E-state index in [4.69, 9.17) is 0 Å². The first-order valence-electron chi connectivity index (χ1n) is 6.81. The number of hydrogen-bond acceptors (Lipinski definition) is 2. The molecule has 0 aromatic carbocycles. The second-order valence-corrected chi connectivity index (χ2v) is 4.65. The minimum Gasteiger partial charge on any atom is -0.300 e. The summed E-state index contributed by atoms with van der Waals surface area (Å²) in [6, 6.07) is 0.732. The minimum atomic E-state index is 0.732. The fourth-order valence-electron chi connectivity index (χ4n) is 2.52. The van der Waals surface area contributed by atoms with Crippen molar-refractivity contribution in [2.45, 2.75) is 52.5 Å². The van der Waals surface area contributed by atoms with Crippen molar-refractivity contribution in [3.8, 4) is 0 Å². The molecule has 0 N–H and O–H groups in total. The topological polar surface area (TPSA) is 15.6 Å². The second-order valence-electron chi connectivity index (χ2n) is 4.65. The van der Waals surface area contributed by atoms with E-state index in [0.717, 1.165) is 18.9 Å². The van der Waals surface area contributed by atoms with Gasteiger partial charge in [0, 0.05) is 11.7 Å². The first-order valence-corrected chi connectivity index (χ1v) is 6.81. The lowest BCUT2D eigenvalue weighted by molar-refractivity contribution is 0.108. The summed E-state index contributed by atoms with van der Waals surface area (Å²) in [6.07, 6.45) is 4.82. The third kappa shape index (κ3) is 3.29. The molecule has 2 rings (SSSR count). The van der Waals surface area contributed by atoms with Crippen LogP contribution in [0.4, 0.5) is 0 Å². The number of nitrogens with zero attached hydrogens (tertiary/aromatic N) is 2. The highest BCUT2D eigenvalue weighted by Crippen LogP contribution is 2.33. The van der Waals surface area contributed by atoms with Gasteiger partial charge >= 0.3 is 0 Å². The van der Waals surface area contributed by atoms with Crippen LogP contribution < -0.4 is 0 Å². The zero-order chi connectivity index (χ0) is 12.8. The van der Waals surface area contributed by atoms with Crippen LogP contribution in [0.15, 0.2) is 28.4 Å². The SMILES string of the molecule is C=NC1=C(C(=C)C)CC(N2CCC2)CC1.CC. The molecule has 0 bridgehead atoms. The van der Waals surface area contributed by atoms with Crippen molar-refractivity contribution in [3.05, 3.63) is 23.4 Å². The molecule has 1 aliphatic carbocycles. The molecular formula is C15H26N2. The van der Waals surface area contributed by atoms with Gasteiger partial charge in [-0.15, -0.1) is 0 Å². The maximum absolute atomic E-state index is 4.14. The van der Waals surface area contributed by atoms with Crippen molar-refractivity contribution in [2.75, 3.05) is 13.1 Å².